The maximum Gasteiger partial charge on any atom is 0.317 e. The van der Waals surface area contributed by atoms with Gasteiger partial charge < -0.3 is 14.8 Å². The molecule has 0 spiro atoms. The second-order valence-corrected chi connectivity index (χ2v) is 9.05. The first-order chi connectivity index (χ1) is 12.5. The van der Waals surface area contributed by atoms with Gasteiger partial charge in [0, 0.05) is 38.4 Å². The first-order valence-electron chi connectivity index (χ1n) is 8.80. The number of carbonyl (C=O) groups excluding carboxylic acids is 1. The van der Waals surface area contributed by atoms with Crippen LogP contribution in [0.1, 0.15) is 36.2 Å². The number of imidazole rings is 1. The Morgan fingerprint density at radius 3 is 2.85 bits per heavy atom. The topological polar surface area (TPSA) is 84.3 Å². The van der Waals surface area contributed by atoms with Crippen LogP contribution < -0.4 is 5.32 Å². The molecule has 4 rings (SSSR count). The molecule has 8 heteroatoms. The van der Waals surface area contributed by atoms with E-state index in [2.05, 4.69) is 10.3 Å². The van der Waals surface area contributed by atoms with Crippen LogP contribution >= 0.6 is 0 Å². The van der Waals surface area contributed by atoms with Gasteiger partial charge in [0.1, 0.15) is 5.82 Å². The van der Waals surface area contributed by atoms with Crippen molar-refractivity contribution in [2.45, 2.75) is 29.7 Å². The Morgan fingerprint density at radius 1 is 1.27 bits per heavy atom. The number of sulfone groups is 1. The SMILES string of the molecule is Cn1ccnc1C1CCN(C(=O)NC2CCS(=O)(=O)c3ccccc32)C1. The summed E-state index contributed by atoms with van der Waals surface area (Å²) in [5.41, 5.74) is 0.687. The Labute approximate surface area is 152 Å². The van der Waals surface area contributed by atoms with E-state index in [1.165, 1.54) is 0 Å². The molecule has 0 aliphatic carbocycles. The number of nitrogens with zero attached hydrogens (tertiary/aromatic N) is 3. The lowest BCUT2D eigenvalue weighted by Crippen LogP contribution is -2.42. The summed E-state index contributed by atoms with van der Waals surface area (Å²) in [6.45, 7) is 1.30. The maximum absolute atomic E-state index is 12.7. The van der Waals surface area contributed by atoms with E-state index >= 15 is 0 Å². The molecule has 0 radical (unpaired) electrons. The van der Waals surface area contributed by atoms with Crippen LogP contribution in [0.25, 0.3) is 0 Å². The highest BCUT2D eigenvalue weighted by molar-refractivity contribution is 7.91. The van der Waals surface area contributed by atoms with Crippen LogP contribution in [0.2, 0.25) is 0 Å². The Balaban J connectivity index is 1.47. The molecular weight excluding hydrogens is 352 g/mol. The molecule has 0 saturated carbocycles. The Morgan fingerprint density at radius 2 is 2.08 bits per heavy atom. The van der Waals surface area contributed by atoms with E-state index < -0.39 is 9.84 Å². The van der Waals surface area contributed by atoms with Gasteiger partial charge in [-0.25, -0.2) is 18.2 Å². The Kier molecular flexibility index (Phi) is 4.22. The standard InChI is InChI=1S/C18H22N4O3S/c1-21-10-8-19-17(21)13-6-9-22(12-13)18(23)20-15-7-11-26(24,25)16-5-3-2-4-14(15)16/h2-5,8,10,13,15H,6-7,9,11-12H2,1H3,(H,20,23). The average Bonchev–Trinajstić information content (AvgIpc) is 3.26. The first-order valence-corrected chi connectivity index (χ1v) is 10.5. The quantitative estimate of drug-likeness (QED) is 0.869. The predicted octanol–water partition coefficient (Wildman–Crippen LogP) is 1.84. The number of urea groups is 1. The first kappa shape index (κ1) is 17.1. The minimum atomic E-state index is -3.25. The summed E-state index contributed by atoms with van der Waals surface area (Å²) in [4.78, 5) is 19.2. The van der Waals surface area contributed by atoms with Gasteiger partial charge in [-0.3, -0.25) is 0 Å². The van der Waals surface area contributed by atoms with E-state index in [1.807, 2.05) is 23.9 Å². The number of amides is 2. The van der Waals surface area contributed by atoms with Crippen LogP contribution in [0.5, 0.6) is 0 Å². The van der Waals surface area contributed by atoms with E-state index in [1.54, 1.807) is 29.3 Å². The number of aromatic nitrogens is 2. The number of carbonyl (C=O) groups is 1. The fraction of sp³-hybridized carbons (Fsp3) is 0.444. The number of nitrogens with one attached hydrogen (secondary N) is 1. The lowest BCUT2D eigenvalue weighted by molar-refractivity contribution is 0.203. The van der Waals surface area contributed by atoms with Crippen molar-refractivity contribution < 1.29 is 13.2 Å². The molecule has 7 nitrogen and oxygen atoms in total. The summed E-state index contributed by atoms with van der Waals surface area (Å²) in [6.07, 6.45) is 4.98. The number of hydrogen-bond acceptors (Lipinski definition) is 4. The molecule has 1 fully saturated rings. The summed E-state index contributed by atoms with van der Waals surface area (Å²) in [5.74, 6) is 1.29. The van der Waals surface area contributed by atoms with Crippen molar-refractivity contribution in [3.8, 4) is 0 Å². The van der Waals surface area contributed by atoms with Crippen LogP contribution in [0, 0.1) is 0 Å². The van der Waals surface area contributed by atoms with E-state index in [0.717, 1.165) is 12.2 Å². The van der Waals surface area contributed by atoms with Gasteiger partial charge in [-0.05, 0) is 24.5 Å². The third-order valence-electron chi connectivity index (χ3n) is 5.30. The Hall–Kier alpha value is -2.35. The third kappa shape index (κ3) is 2.98. The van der Waals surface area contributed by atoms with Crippen molar-refractivity contribution in [3.63, 3.8) is 0 Å². The predicted molar refractivity (Wildman–Crippen MR) is 96.5 cm³/mol. The molecule has 1 aromatic heterocycles. The molecule has 26 heavy (non-hydrogen) atoms. The smallest absolute Gasteiger partial charge is 0.317 e. The average molecular weight is 374 g/mol. The van der Waals surface area contributed by atoms with Crippen LogP contribution in [-0.2, 0) is 16.9 Å². The molecule has 2 unspecified atom stereocenters. The zero-order valence-electron chi connectivity index (χ0n) is 14.6. The largest absolute Gasteiger partial charge is 0.338 e. The van der Waals surface area contributed by atoms with Gasteiger partial charge in [0.2, 0.25) is 0 Å². The van der Waals surface area contributed by atoms with Gasteiger partial charge in [0.15, 0.2) is 9.84 Å². The summed E-state index contributed by atoms with van der Waals surface area (Å²) >= 11 is 0. The molecule has 1 N–H and O–H groups in total. The normalized spacial score (nSPS) is 24.3. The van der Waals surface area contributed by atoms with E-state index in [0.29, 0.717) is 30.0 Å². The second-order valence-electron chi connectivity index (χ2n) is 6.98. The van der Waals surface area contributed by atoms with Crippen molar-refractivity contribution >= 4 is 15.9 Å². The molecule has 2 aromatic rings. The van der Waals surface area contributed by atoms with E-state index in [-0.39, 0.29) is 23.7 Å². The van der Waals surface area contributed by atoms with Gasteiger partial charge in [0.25, 0.3) is 0 Å². The van der Waals surface area contributed by atoms with Crippen molar-refractivity contribution in [1.82, 2.24) is 19.8 Å². The summed E-state index contributed by atoms with van der Waals surface area (Å²) in [7, 11) is -1.29. The monoisotopic (exact) mass is 374 g/mol. The van der Waals surface area contributed by atoms with Gasteiger partial charge in [0.05, 0.1) is 16.7 Å². The van der Waals surface area contributed by atoms with Crippen LogP contribution in [-0.4, -0.2) is 47.7 Å². The summed E-state index contributed by atoms with van der Waals surface area (Å²) < 4.78 is 26.5. The zero-order valence-corrected chi connectivity index (χ0v) is 15.4. The highest BCUT2D eigenvalue weighted by atomic mass is 32.2. The van der Waals surface area contributed by atoms with Crippen molar-refractivity contribution in [2.75, 3.05) is 18.8 Å². The minimum Gasteiger partial charge on any atom is -0.338 e. The van der Waals surface area contributed by atoms with Crippen molar-refractivity contribution in [2.24, 2.45) is 7.05 Å². The highest BCUT2D eigenvalue weighted by Crippen LogP contribution is 2.32. The van der Waals surface area contributed by atoms with Gasteiger partial charge >= 0.3 is 6.03 Å². The van der Waals surface area contributed by atoms with Gasteiger partial charge in [-0.15, -0.1) is 0 Å². The molecule has 138 valence electrons. The number of aryl methyl sites for hydroxylation is 1. The lowest BCUT2D eigenvalue weighted by Gasteiger charge is -2.28. The fourth-order valence-corrected chi connectivity index (χ4v) is 5.53. The fourth-order valence-electron chi connectivity index (χ4n) is 3.91. The van der Waals surface area contributed by atoms with Crippen LogP contribution in [0.3, 0.4) is 0 Å². The van der Waals surface area contributed by atoms with E-state index in [9.17, 15) is 13.2 Å². The molecule has 1 aromatic carbocycles. The lowest BCUT2D eigenvalue weighted by atomic mass is 10.0. The number of likely N-dealkylation sites (tertiary alicyclic amines) is 1. The number of rotatable bonds is 2. The summed E-state index contributed by atoms with van der Waals surface area (Å²) in [5, 5.41) is 3.03. The molecule has 2 aliphatic rings. The number of benzene rings is 1. The minimum absolute atomic E-state index is 0.0604. The maximum atomic E-state index is 12.7. The van der Waals surface area contributed by atoms with Crippen molar-refractivity contribution in [1.29, 1.82) is 0 Å². The zero-order chi connectivity index (χ0) is 18.3. The number of hydrogen-bond donors (Lipinski definition) is 1. The second kappa shape index (κ2) is 6.42. The van der Waals surface area contributed by atoms with Gasteiger partial charge in [-0.1, -0.05) is 18.2 Å². The third-order valence-corrected chi connectivity index (χ3v) is 7.12. The number of fused-ring (bicyclic) bond motifs is 1. The molecule has 2 aliphatic heterocycles. The Bertz CT molecular complexity index is 937. The van der Waals surface area contributed by atoms with Crippen LogP contribution in [0.15, 0.2) is 41.6 Å². The van der Waals surface area contributed by atoms with Crippen LogP contribution in [0.4, 0.5) is 4.79 Å². The van der Waals surface area contributed by atoms with Gasteiger partial charge in [-0.2, -0.15) is 0 Å². The molecule has 1 saturated heterocycles. The molecule has 2 amide bonds. The highest BCUT2D eigenvalue weighted by Gasteiger charge is 2.34. The molecular formula is C18H22N4O3S. The molecule has 0 bridgehead atoms. The summed E-state index contributed by atoms with van der Waals surface area (Å²) in [6, 6.07) is 6.54. The molecule has 3 heterocycles. The molecule has 2 atom stereocenters. The van der Waals surface area contributed by atoms with E-state index in [4.69, 9.17) is 0 Å². The van der Waals surface area contributed by atoms with Crippen molar-refractivity contribution in [3.05, 3.63) is 48.0 Å².